The van der Waals surface area contributed by atoms with Crippen molar-refractivity contribution in [1.82, 2.24) is 20.3 Å². The molecule has 3 aromatic rings. The number of fused-ring (bicyclic) bond motifs is 1. The fourth-order valence-corrected chi connectivity index (χ4v) is 2.79. The molecular formula is C20H22N4O3. The fourth-order valence-electron chi connectivity index (χ4n) is 2.79. The number of aryl methyl sites for hydroxylation is 1. The first-order chi connectivity index (χ1) is 13.1. The van der Waals surface area contributed by atoms with Gasteiger partial charge in [-0.05, 0) is 43.7 Å². The van der Waals surface area contributed by atoms with Crippen LogP contribution in [0, 0.1) is 0 Å². The molecule has 1 atom stereocenters. The Balaban J connectivity index is 1.59. The smallest absolute Gasteiger partial charge is 0.277 e. The van der Waals surface area contributed by atoms with Gasteiger partial charge < -0.3 is 10.1 Å². The number of amides is 1. The van der Waals surface area contributed by atoms with Crippen LogP contribution in [0.2, 0.25) is 0 Å². The summed E-state index contributed by atoms with van der Waals surface area (Å²) in [5.74, 6) is 0.646. The highest BCUT2D eigenvalue weighted by Gasteiger charge is 2.11. The second-order valence-electron chi connectivity index (χ2n) is 6.18. The molecule has 0 saturated carbocycles. The van der Waals surface area contributed by atoms with Crippen molar-refractivity contribution < 1.29 is 9.53 Å². The first-order valence-corrected chi connectivity index (χ1v) is 8.93. The van der Waals surface area contributed by atoms with Gasteiger partial charge >= 0.3 is 0 Å². The lowest BCUT2D eigenvalue weighted by Crippen LogP contribution is -2.30. The van der Waals surface area contributed by atoms with E-state index in [9.17, 15) is 9.59 Å². The number of carbonyl (C=O) groups excluding carboxylic acids is 1. The van der Waals surface area contributed by atoms with E-state index in [2.05, 4.69) is 15.6 Å². The Bertz CT molecular complexity index is 982. The van der Waals surface area contributed by atoms with E-state index in [0.29, 0.717) is 17.5 Å². The normalized spacial score (nSPS) is 11.9. The molecule has 1 heterocycles. The van der Waals surface area contributed by atoms with E-state index < -0.39 is 0 Å². The first-order valence-electron chi connectivity index (χ1n) is 8.93. The quantitative estimate of drug-likeness (QED) is 0.694. The standard InChI is InChI=1S/C20H22N4O3/c1-3-27-16-10-8-15(9-11-16)14(2)21-19(25)12-13-24-20(26)17-6-4-5-7-18(17)22-23-24/h4-11,14H,3,12-13H2,1-2H3,(H,21,25). The molecule has 0 bridgehead atoms. The zero-order valence-corrected chi connectivity index (χ0v) is 15.4. The molecule has 0 fully saturated rings. The maximum absolute atomic E-state index is 12.4. The molecule has 0 radical (unpaired) electrons. The van der Waals surface area contributed by atoms with E-state index in [1.165, 1.54) is 4.68 Å². The van der Waals surface area contributed by atoms with E-state index in [-0.39, 0.29) is 30.5 Å². The first kappa shape index (κ1) is 18.6. The number of nitrogens with zero attached hydrogens (tertiary/aromatic N) is 3. The van der Waals surface area contributed by atoms with Crippen molar-refractivity contribution in [3.63, 3.8) is 0 Å². The number of carbonyl (C=O) groups is 1. The molecule has 1 aromatic heterocycles. The lowest BCUT2D eigenvalue weighted by atomic mass is 10.1. The van der Waals surface area contributed by atoms with Gasteiger partial charge in [0.25, 0.3) is 5.56 Å². The monoisotopic (exact) mass is 366 g/mol. The number of ether oxygens (including phenoxy) is 1. The summed E-state index contributed by atoms with van der Waals surface area (Å²) in [6.45, 7) is 4.64. The molecule has 140 valence electrons. The van der Waals surface area contributed by atoms with E-state index in [1.807, 2.05) is 38.1 Å². The second-order valence-corrected chi connectivity index (χ2v) is 6.18. The molecule has 0 saturated heterocycles. The van der Waals surface area contributed by atoms with Crippen LogP contribution in [0.25, 0.3) is 10.9 Å². The van der Waals surface area contributed by atoms with Gasteiger partial charge in [0.1, 0.15) is 11.3 Å². The number of nitrogens with one attached hydrogen (secondary N) is 1. The van der Waals surface area contributed by atoms with Crippen LogP contribution in [-0.4, -0.2) is 27.5 Å². The average molecular weight is 366 g/mol. The molecule has 1 amide bonds. The maximum atomic E-state index is 12.4. The van der Waals surface area contributed by atoms with Crippen LogP contribution in [0.1, 0.15) is 31.9 Å². The Labute approximate surface area is 157 Å². The molecule has 7 nitrogen and oxygen atoms in total. The summed E-state index contributed by atoms with van der Waals surface area (Å²) >= 11 is 0. The van der Waals surface area contributed by atoms with E-state index in [0.717, 1.165) is 11.3 Å². The molecule has 0 aliphatic carbocycles. The van der Waals surface area contributed by atoms with Gasteiger partial charge in [-0.2, -0.15) is 0 Å². The van der Waals surface area contributed by atoms with Gasteiger partial charge in [0, 0.05) is 6.42 Å². The third kappa shape index (κ3) is 4.49. The predicted molar refractivity (Wildman–Crippen MR) is 103 cm³/mol. The fraction of sp³-hybridized carbons (Fsp3) is 0.300. The Hall–Kier alpha value is -3.22. The Morgan fingerprint density at radius 3 is 2.67 bits per heavy atom. The number of benzene rings is 2. The van der Waals surface area contributed by atoms with Gasteiger partial charge in [-0.1, -0.05) is 29.5 Å². The SMILES string of the molecule is CCOc1ccc(C(C)NC(=O)CCn2nnc3ccccc3c2=O)cc1. The minimum Gasteiger partial charge on any atom is -0.494 e. The summed E-state index contributed by atoms with van der Waals surface area (Å²) in [6.07, 6.45) is 0.147. The van der Waals surface area contributed by atoms with Crippen LogP contribution < -0.4 is 15.6 Å². The largest absolute Gasteiger partial charge is 0.494 e. The average Bonchev–Trinajstić information content (AvgIpc) is 2.68. The lowest BCUT2D eigenvalue weighted by molar-refractivity contribution is -0.122. The molecular weight excluding hydrogens is 344 g/mol. The number of rotatable bonds is 7. The topological polar surface area (TPSA) is 86.1 Å². The van der Waals surface area contributed by atoms with Crippen molar-refractivity contribution in [1.29, 1.82) is 0 Å². The van der Waals surface area contributed by atoms with E-state index >= 15 is 0 Å². The molecule has 27 heavy (non-hydrogen) atoms. The zero-order valence-electron chi connectivity index (χ0n) is 15.4. The summed E-state index contributed by atoms with van der Waals surface area (Å²) < 4.78 is 6.64. The highest BCUT2D eigenvalue weighted by atomic mass is 16.5. The van der Waals surface area contributed by atoms with Gasteiger partial charge in [0.05, 0.1) is 24.6 Å². The second kappa shape index (κ2) is 8.44. The van der Waals surface area contributed by atoms with E-state index in [1.54, 1.807) is 24.3 Å². The van der Waals surface area contributed by atoms with Crippen LogP contribution >= 0.6 is 0 Å². The highest BCUT2D eigenvalue weighted by Crippen LogP contribution is 2.17. The van der Waals surface area contributed by atoms with Crippen LogP contribution in [0.15, 0.2) is 53.3 Å². The molecule has 0 spiro atoms. The third-order valence-corrected chi connectivity index (χ3v) is 4.25. The number of aromatic nitrogens is 3. The van der Waals surface area contributed by atoms with Crippen molar-refractivity contribution in [2.24, 2.45) is 0 Å². The summed E-state index contributed by atoms with van der Waals surface area (Å²) in [7, 11) is 0. The number of hydrogen-bond acceptors (Lipinski definition) is 5. The summed E-state index contributed by atoms with van der Waals surface area (Å²) in [6, 6.07) is 14.5. The molecule has 1 unspecified atom stereocenters. The Kier molecular flexibility index (Phi) is 5.80. The van der Waals surface area contributed by atoms with Gasteiger partial charge in [-0.25, -0.2) is 4.68 Å². The summed E-state index contributed by atoms with van der Waals surface area (Å²) in [4.78, 5) is 24.6. The van der Waals surface area contributed by atoms with Crippen molar-refractivity contribution in [2.75, 3.05) is 6.61 Å². The van der Waals surface area contributed by atoms with Crippen LogP contribution in [0.4, 0.5) is 0 Å². The lowest BCUT2D eigenvalue weighted by Gasteiger charge is -2.15. The Morgan fingerprint density at radius 1 is 1.19 bits per heavy atom. The minimum atomic E-state index is -0.243. The predicted octanol–water partition coefficient (Wildman–Crippen LogP) is 2.46. The van der Waals surface area contributed by atoms with Crippen LogP contribution in [-0.2, 0) is 11.3 Å². The van der Waals surface area contributed by atoms with Crippen molar-refractivity contribution in [2.45, 2.75) is 32.9 Å². The maximum Gasteiger partial charge on any atom is 0.277 e. The molecule has 3 rings (SSSR count). The Morgan fingerprint density at radius 2 is 1.93 bits per heavy atom. The molecule has 0 aliphatic heterocycles. The molecule has 0 aliphatic rings. The van der Waals surface area contributed by atoms with Gasteiger partial charge in [0.15, 0.2) is 0 Å². The van der Waals surface area contributed by atoms with Crippen molar-refractivity contribution in [3.05, 3.63) is 64.4 Å². The third-order valence-electron chi connectivity index (χ3n) is 4.25. The molecule has 7 heteroatoms. The van der Waals surface area contributed by atoms with Gasteiger partial charge in [-0.3, -0.25) is 9.59 Å². The summed E-state index contributed by atoms with van der Waals surface area (Å²) in [5, 5.41) is 11.4. The molecule has 1 N–H and O–H groups in total. The molecule has 2 aromatic carbocycles. The van der Waals surface area contributed by atoms with Crippen molar-refractivity contribution >= 4 is 16.8 Å². The van der Waals surface area contributed by atoms with Gasteiger partial charge in [0.2, 0.25) is 5.91 Å². The zero-order chi connectivity index (χ0) is 19.2. The van der Waals surface area contributed by atoms with Gasteiger partial charge in [-0.15, -0.1) is 5.10 Å². The number of hydrogen-bond donors (Lipinski definition) is 1. The van der Waals surface area contributed by atoms with Crippen molar-refractivity contribution in [3.8, 4) is 5.75 Å². The highest BCUT2D eigenvalue weighted by molar-refractivity contribution is 5.77. The van der Waals surface area contributed by atoms with Crippen LogP contribution in [0.5, 0.6) is 5.75 Å². The summed E-state index contributed by atoms with van der Waals surface area (Å²) in [5.41, 5.74) is 1.29. The van der Waals surface area contributed by atoms with Crippen LogP contribution in [0.3, 0.4) is 0 Å². The minimum absolute atomic E-state index is 0.146. The van der Waals surface area contributed by atoms with E-state index in [4.69, 9.17) is 4.74 Å².